The van der Waals surface area contributed by atoms with Crippen LogP contribution in [-0.4, -0.2) is 54.8 Å². The predicted molar refractivity (Wildman–Crippen MR) is 122 cm³/mol. The number of methoxy groups -OCH3 is 1. The molecular weight excluding hydrogens is 528 g/mol. The molecule has 32 heavy (non-hydrogen) atoms. The smallest absolute Gasteiger partial charge is 0.164 e. The first-order valence-corrected chi connectivity index (χ1v) is 11.3. The number of nitrogens with one attached hydrogen (secondary N) is 1. The summed E-state index contributed by atoms with van der Waals surface area (Å²) in [7, 11) is 1.54. The number of alkyl halides is 1. The molecule has 4 atom stereocenters. The van der Waals surface area contributed by atoms with E-state index in [1.165, 1.54) is 13.4 Å². The Hall–Kier alpha value is -1.91. The second-order valence-corrected chi connectivity index (χ2v) is 8.97. The first-order chi connectivity index (χ1) is 15.5. The number of benzene rings is 2. The second kappa shape index (κ2) is 8.79. The van der Waals surface area contributed by atoms with Crippen molar-refractivity contribution in [2.24, 2.45) is 0 Å². The Kier molecular flexibility index (Phi) is 6.02. The maximum absolute atomic E-state index is 13.9. The summed E-state index contributed by atoms with van der Waals surface area (Å²) in [5, 5.41) is 4.64. The molecule has 0 amide bonds. The lowest BCUT2D eigenvalue weighted by atomic mass is 10.1. The number of aromatic nitrogens is 2. The molecule has 2 fully saturated rings. The van der Waals surface area contributed by atoms with Gasteiger partial charge < -0.3 is 24.3 Å². The Morgan fingerprint density at radius 1 is 1.09 bits per heavy atom. The van der Waals surface area contributed by atoms with Gasteiger partial charge in [0.25, 0.3) is 0 Å². The molecule has 1 aromatic heterocycles. The van der Waals surface area contributed by atoms with E-state index in [0.29, 0.717) is 48.4 Å². The van der Waals surface area contributed by atoms with E-state index >= 15 is 0 Å². The van der Waals surface area contributed by atoms with Gasteiger partial charge in [0.2, 0.25) is 0 Å². The van der Waals surface area contributed by atoms with Crippen LogP contribution in [0.25, 0.3) is 10.9 Å². The molecule has 3 heterocycles. The Morgan fingerprint density at radius 3 is 2.72 bits per heavy atom. The molecule has 2 aliphatic heterocycles. The molecular formula is C21H17BrCl2FN3O4. The van der Waals surface area contributed by atoms with Crippen LogP contribution in [0.4, 0.5) is 15.9 Å². The van der Waals surface area contributed by atoms with Crippen molar-refractivity contribution >= 4 is 61.5 Å². The molecule has 2 aromatic carbocycles. The second-order valence-electron chi connectivity index (χ2n) is 7.36. The van der Waals surface area contributed by atoms with E-state index in [0.717, 1.165) is 0 Å². The first-order valence-electron chi connectivity index (χ1n) is 9.73. The molecule has 2 aliphatic rings. The molecule has 0 spiro atoms. The SMILES string of the molecule is COc1cc2c(Nc3ccc(Br)c(Cl)c3Cl)ncnc2cc1OC1CO[C@H]2[C@H](F)CO[C@@H]12. The normalized spacial score (nSPS) is 24.5. The number of nitrogens with zero attached hydrogens (tertiary/aromatic N) is 2. The van der Waals surface area contributed by atoms with Crippen LogP contribution in [0.5, 0.6) is 11.5 Å². The third kappa shape index (κ3) is 3.86. The minimum atomic E-state index is -1.15. The fraction of sp³-hybridized carbons (Fsp3) is 0.333. The third-order valence-corrected chi connectivity index (χ3v) is 7.21. The summed E-state index contributed by atoms with van der Waals surface area (Å²) in [5.74, 6) is 1.44. The lowest BCUT2D eigenvalue weighted by Gasteiger charge is -2.20. The molecule has 1 unspecified atom stereocenters. The van der Waals surface area contributed by atoms with Gasteiger partial charge in [-0.2, -0.15) is 0 Å². The standard InChI is InChI=1S/C21H17BrCl2FN3O4/c1-29-14-4-9-13(5-15(14)32-16-7-31-19-11(25)6-30-20(16)19)26-8-27-21(9)28-12-3-2-10(22)17(23)18(12)24/h2-5,8,11,16,19-20H,6-7H2,1H3,(H,26,27,28)/t11-,16?,19+,20+/m1/s1. The summed E-state index contributed by atoms with van der Waals surface area (Å²) in [6, 6.07) is 7.09. The lowest BCUT2D eigenvalue weighted by Crippen LogP contribution is -2.33. The van der Waals surface area contributed by atoms with Crippen LogP contribution in [0.1, 0.15) is 0 Å². The topological polar surface area (TPSA) is 74.7 Å². The quantitative estimate of drug-likeness (QED) is 0.435. The van der Waals surface area contributed by atoms with E-state index in [4.69, 9.17) is 42.1 Å². The predicted octanol–water partition coefficient (Wildman–Crippen LogP) is 5.33. The number of halogens is 4. The number of anilines is 2. The van der Waals surface area contributed by atoms with Crippen molar-refractivity contribution < 1.29 is 23.3 Å². The average molecular weight is 545 g/mol. The molecule has 2 saturated heterocycles. The van der Waals surface area contributed by atoms with Crippen molar-refractivity contribution in [1.29, 1.82) is 0 Å². The molecule has 0 bridgehead atoms. The van der Waals surface area contributed by atoms with Crippen LogP contribution in [0, 0.1) is 0 Å². The van der Waals surface area contributed by atoms with Gasteiger partial charge in [0.1, 0.15) is 24.4 Å². The van der Waals surface area contributed by atoms with E-state index < -0.39 is 24.5 Å². The van der Waals surface area contributed by atoms with Gasteiger partial charge in [0.15, 0.2) is 23.8 Å². The number of hydrogen-bond acceptors (Lipinski definition) is 7. The van der Waals surface area contributed by atoms with Crippen molar-refractivity contribution in [2.75, 3.05) is 25.6 Å². The average Bonchev–Trinajstić information content (AvgIpc) is 3.37. The van der Waals surface area contributed by atoms with Crippen LogP contribution in [0.3, 0.4) is 0 Å². The molecule has 0 radical (unpaired) electrons. The monoisotopic (exact) mass is 543 g/mol. The molecule has 11 heteroatoms. The minimum absolute atomic E-state index is 0.00887. The zero-order valence-electron chi connectivity index (χ0n) is 16.6. The summed E-state index contributed by atoms with van der Waals surface area (Å²) >= 11 is 16.0. The molecule has 5 rings (SSSR count). The van der Waals surface area contributed by atoms with E-state index in [1.54, 1.807) is 24.3 Å². The first kappa shape index (κ1) is 21.9. The van der Waals surface area contributed by atoms with Gasteiger partial charge in [0, 0.05) is 15.9 Å². The summed E-state index contributed by atoms with van der Waals surface area (Å²) in [5.41, 5.74) is 1.20. The van der Waals surface area contributed by atoms with E-state index in [-0.39, 0.29) is 13.2 Å². The molecule has 1 N–H and O–H groups in total. The van der Waals surface area contributed by atoms with Crippen molar-refractivity contribution in [1.82, 2.24) is 9.97 Å². The summed E-state index contributed by atoms with van der Waals surface area (Å²) in [4.78, 5) is 8.69. The zero-order chi connectivity index (χ0) is 22.4. The number of ether oxygens (including phenoxy) is 4. The van der Waals surface area contributed by atoms with Crippen LogP contribution < -0.4 is 14.8 Å². The Balaban J connectivity index is 1.47. The van der Waals surface area contributed by atoms with Crippen molar-refractivity contribution in [2.45, 2.75) is 24.5 Å². The molecule has 168 valence electrons. The molecule has 0 saturated carbocycles. The highest BCUT2D eigenvalue weighted by Crippen LogP contribution is 2.40. The maximum atomic E-state index is 13.9. The van der Waals surface area contributed by atoms with Gasteiger partial charge in [-0.1, -0.05) is 23.2 Å². The van der Waals surface area contributed by atoms with Crippen molar-refractivity contribution in [3.8, 4) is 11.5 Å². The molecule has 0 aliphatic carbocycles. The fourth-order valence-electron chi connectivity index (χ4n) is 3.85. The molecule has 7 nitrogen and oxygen atoms in total. The Bertz CT molecular complexity index is 1190. The minimum Gasteiger partial charge on any atom is -0.493 e. The lowest BCUT2D eigenvalue weighted by molar-refractivity contribution is 0.0271. The summed E-state index contributed by atoms with van der Waals surface area (Å²) in [6.07, 6.45) is -1.23. The Labute approximate surface area is 201 Å². The highest BCUT2D eigenvalue weighted by molar-refractivity contribution is 9.10. The van der Waals surface area contributed by atoms with Gasteiger partial charge in [-0.25, -0.2) is 14.4 Å². The van der Waals surface area contributed by atoms with Crippen molar-refractivity contribution in [3.05, 3.63) is 45.1 Å². The summed E-state index contributed by atoms with van der Waals surface area (Å²) in [6.45, 7) is 0.241. The van der Waals surface area contributed by atoms with Gasteiger partial charge >= 0.3 is 0 Å². The van der Waals surface area contributed by atoms with Crippen LogP contribution in [-0.2, 0) is 9.47 Å². The Morgan fingerprint density at radius 2 is 1.91 bits per heavy atom. The van der Waals surface area contributed by atoms with Gasteiger partial charge in [-0.3, -0.25) is 0 Å². The van der Waals surface area contributed by atoms with E-state index in [9.17, 15) is 4.39 Å². The third-order valence-electron chi connectivity index (χ3n) is 5.43. The number of rotatable bonds is 5. The summed E-state index contributed by atoms with van der Waals surface area (Å²) < 4.78 is 37.3. The van der Waals surface area contributed by atoms with E-state index in [1.807, 2.05) is 0 Å². The zero-order valence-corrected chi connectivity index (χ0v) is 19.7. The van der Waals surface area contributed by atoms with Crippen LogP contribution in [0.15, 0.2) is 35.1 Å². The largest absolute Gasteiger partial charge is 0.493 e. The fourth-order valence-corrected chi connectivity index (χ4v) is 4.67. The highest BCUT2D eigenvalue weighted by atomic mass is 79.9. The number of fused-ring (bicyclic) bond motifs is 2. The molecule has 3 aromatic rings. The number of hydrogen-bond donors (Lipinski definition) is 1. The van der Waals surface area contributed by atoms with Gasteiger partial charge in [-0.05, 0) is 34.1 Å². The van der Waals surface area contributed by atoms with Crippen LogP contribution in [0.2, 0.25) is 10.0 Å². The van der Waals surface area contributed by atoms with Crippen LogP contribution >= 0.6 is 39.1 Å². The van der Waals surface area contributed by atoms with E-state index in [2.05, 4.69) is 31.2 Å². The van der Waals surface area contributed by atoms with Crippen molar-refractivity contribution in [3.63, 3.8) is 0 Å². The van der Waals surface area contributed by atoms with Gasteiger partial charge in [-0.15, -0.1) is 0 Å². The maximum Gasteiger partial charge on any atom is 0.164 e. The highest BCUT2D eigenvalue weighted by Gasteiger charge is 2.49. The van der Waals surface area contributed by atoms with Gasteiger partial charge in [0.05, 0.1) is 41.6 Å².